The summed E-state index contributed by atoms with van der Waals surface area (Å²) in [6, 6.07) is 0. The molecule has 34 heavy (non-hydrogen) atoms. The first-order chi connectivity index (χ1) is 16.7. The lowest BCUT2D eigenvalue weighted by Crippen LogP contribution is -2.13. The van der Waals surface area contributed by atoms with E-state index in [4.69, 9.17) is 0 Å². The Balaban J connectivity index is 2.56. The Morgan fingerprint density at radius 3 is 1.59 bits per heavy atom. The van der Waals surface area contributed by atoms with Crippen LogP contribution < -0.4 is 0 Å². The van der Waals surface area contributed by atoms with Gasteiger partial charge in [-0.3, -0.25) is 0 Å². The van der Waals surface area contributed by atoms with E-state index in [9.17, 15) is 0 Å². The average Bonchev–Trinajstić information content (AvgIpc) is 2.82. The molecule has 0 aromatic heterocycles. The Morgan fingerprint density at radius 2 is 0.941 bits per heavy atom. The highest BCUT2D eigenvalue weighted by Crippen LogP contribution is 2.33. The van der Waals surface area contributed by atoms with Crippen molar-refractivity contribution in [2.24, 2.45) is 23.7 Å². The molecule has 0 saturated heterocycles. The number of hydrogen-bond donors (Lipinski definition) is 0. The Labute approximate surface area is 218 Å². The summed E-state index contributed by atoms with van der Waals surface area (Å²) in [4.78, 5) is 0. The summed E-state index contributed by atoms with van der Waals surface area (Å²) in [5.41, 5.74) is 0. The first-order valence-electron chi connectivity index (χ1n) is 16.7. The molecule has 3 unspecified atom stereocenters. The van der Waals surface area contributed by atoms with Crippen molar-refractivity contribution in [1.82, 2.24) is 0 Å². The quantitative estimate of drug-likeness (QED) is 0.194. The van der Waals surface area contributed by atoms with E-state index < -0.39 is 0 Å². The summed E-state index contributed by atoms with van der Waals surface area (Å²) in [6.45, 7) is 9.49. The number of unbranched alkanes of at least 4 members (excludes halogenated alkanes) is 8. The van der Waals surface area contributed by atoms with Crippen LogP contribution in [0.3, 0.4) is 0 Å². The monoisotopic (exact) mass is 477 g/mol. The smallest absolute Gasteiger partial charge is 0.0412 e. The topological polar surface area (TPSA) is 0 Å². The molecule has 0 heterocycles. The van der Waals surface area contributed by atoms with Crippen molar-refractivity contribution in [3.05, 3.63) is 0 Å². The SMILES string of the molecule is CCCCCCCC1CCCCCCCCC(CCCCCCC(C)C)CCC(CCCC)C1. The highest BCUT2D eigenvalue weighted by atomic mass is 14.2. The van der Waals surface area contributed by atoms with Crippen molar-refractivity contribution in [3.8, 4) is 0 Å². The van der Waals surface area contributed by atoms with Crippen LogP contribution >= 0.6 is 0 Å². The summed E-state index contributed by atoms with van der Waals surface area (Å²) in [6.07, 6.45) is 38.9. The van der Waals surface area contributed by atoms with Gasteiger partial charge in [0, 0.05) is 0 Å². The second-order valence-corrected chi connectivity index (χ2v) is 12.8. The molecule has 1 rings (SSSR count). The lowest BCUT2D eigenvalue weighted by atomic mass is 9.79. The van der Waals surface area contributed by atoms with Crippen LogP contribution in [-0.4, -0.2) is 0 Å². The predicted molar refractivity (Wildman–Crippen MR) is 157 cm³/mol. The second kappa shape index (κ2) is 23.4. The molecule has 0 nitrogen and oxygen atoms in total. The van der Waals surface area contributed by atoms with Gasteiger partial charge in [-0.1, -0.05) is 188 Å². The van der Waals surface area contributed by atoms with Gasteiger partial charge in [0.15, 0.2) is 0 Å². The fourth-order valence-corrected chi connectivity index (χ4v) is 6.58. The van der Waals surface area contributed by atoms with Crippen molar-refractivity contribution in [2.45, 2.75) is 195 Å². The molecule has 0 aromatic carbocycles. The van der Waals surface area contributed by atoms with Crippen LogP contribution in [0.1, 0.15) is 195 Å². The third kappa shape index (κ3) is 19.2. The van der Waals surface area contributed by atoms with Gasteiger partial charge in [0.05, 0.1) is 0 Å². The van der Waals surface area contributed by atoms with Gasteiger partial charge in [-0.05, 0) is 30.1 Å². The van der Waals surface area contributed by atoms with E-state index in [0.717, 1.165) is 23.7 Å². The summed E-state index contributed by atoms with van der Waals surface area (Å²) in [5.74, 6) is 3.98. The van der Waals surface area contributed by atoms with E-state index in [1.807, 2.05) is 0 Å². The fraction of sp³-hybridized carbons (Fsp3) is 1.00. The van der Waals surface area contributed by atoms with E-state index in [1.165, 1.54) is 148 Å². The summed E-state index contributed by atoms with van der Waals surface area (Å²) < 4.78 is 0. The van der Waals surface area contributed by atoms with Crippen molar-refractivity contribution in [1.29, 1.82) is 0 Å². The minimum Gasteiger partial charge on any atom is -0.0654 e. The van der Waals surface area contributed by atoms with Gasteiger partial charge < -0.3 is 0 Å². The maximum absolute atomic E-state index is 2.40. The maximum Gasteiger partial charge on any atom is -0.0412 e. The van der Waals surface area contributed by atoms with Gasteiger partial charge in [-0.15, -0.1) is 0 Å². The zero-order valence-electron chi connectivity index (χ0n) is 24.7. The van der Waals surface area contributed by atoms with Gasteiger partial charge in [0.25, 0.3) is 0 Å². The normalized spacial score (nSPS) is 23.7. The van der Waals surface area contributed by atoms with Crippen molar-refractivity contribution < 1.29 is 0 Å². The molecule has 0 bridgehead atoms. The van der Waals surface area contributed by atoms with Gasteiger partial charge in [0.2, 0.25) is 0 Å². The summed E-state index contributed by atoms with van der Waals surface area (Å²) >= 11 is 0. The third-order valence-corrected chi connectivity index (χ3v) is 8.95. The molecule has 3 atom stereocenters. The molecule has 0 radical (unpaired) electrons. The molecule has 0 aliphatic heterocycles. The summed E-state index contributed by atoms with van der Waals surface area (Å²) in [5, 5.41) is 0. The summed E-state index contributed by atoms with van der Waals surface area (Å²) in [7, 11) is 0. The van der Waals surface area contributed by atoms with Gasteiger partial charge >= 0.3 is 0 Å². The minimum absolute atomic E-state index is 0.889. The molecule has 1 aliphatic rings. The molecule has 0 aromatic rings. The van der Waals surface area contributed by atoms with Crippen molar-refractivity contribution >= 4 is 0 Å². The van der Waals surface area contributed by atoms with Crippen molar-refractivity contribution in [2.75, 3.05) is 0 Å². The minimum atomic E-state index is 0.889. The molecule has 1 saturated carbocycles. The Kier molecular flexibility index (Phi) is 22.0. The molecule has 0 amide bonds. The molecule has 0 N–H and O–H groups in total. The molecule has 0 spiro atoms. The average molecular weight is 477 g/mol. The van der Waals surface area contributed by atoms with Crippen molar-refractivity contribution in [3.63, 3.8) is 0 Å². The van der Waals surface area contributed by atoms with Crippen LogP contribution in [0.15, 0.2) is 0 Å². The zero-order valence-corrected chi connectivity index (χ0v) is 24.7. The lowest BCUT2D eigenvalue weighted by Gasteiger charge is -2.26. The van der Waals surface area contributed by atoms with Gasteiger partial charge in [-0.25, -0.2) is 0 Å². The number of rotatable bonds is 16. The highest BCUT2D eigenvalue weighted by Gasteiger charge is 2.19. The van der Waals surface area contributed by atoms with Crippen LogP contribution in [0.2, 0.25) is 0 Å². The molecular formula is C34H68. The van der Waals surface area contributed by atoms with E-state index in [2.05, 4.69) is 27.7 Å². The molecule has 1 aliphatic carbocycles. The Morgan fingerprint density at radius 1 is 0.471 bits per heavy atom. The fourth-order valence-electron chi connectivity index (χ4n) is 6.58. The van der Waals surface area contributed by atoms with Crippen LogP contribution in [0.4, 0.5) is 0 Å². The maximum atomic E-state index is 2.40. The first-order valence-corrected chi connectivity index (χ1v) is 16.7. The van der Waals surface area contributed by atoms with Crippen LogP contribution in [0, 0.1) is 23.7 Å². The zero-order chi connectivity index (χ0) is 24.7. The van der Waals surface area contributed by atoms with Crippen LogP contribution in [0.25, 0.3) is 0 Å². The molecule has 0 heteroatoms. The van der Waals surface area contributed by atoms with E-state index >= 15 is 0 Å². The predicted octanol–water partition coefficient (Wildman–Crippen LogP) is 12.7. The standard InChI is InChI=1S/C34H68/c1-5-7-9-12-20-26-33-27-21-14-11-10-13-18-24-32(25-19-16-15-17-22-31(3)4)28-29-34(30-33)23-8-6-2/h31-34H,5-30H2,1-4H3. The highest BCUT2D eigenvalue weighted by molar-refractivity contribution is 4.72. The van der Waals surface area contributed by atoms with Gasteiger partial charge in [-0.2, -0.15) is 0 Å². The largest absolute Gasteiger partial charge is 0.0654 e. The van der Waals surface area contributed by atoms with E-state index in [0.29, 0.717) is 0 Å². The molecule has 204 valence electrons. The van der Waals surface area contributed by atoms with Crippen LogP contribution in [-0.2, 0) is 0 Å². The van der Waals surface area contributed by atoms with Gasteiger partial charge in [0.1, 0.15) is 0 Å². The second-order valence-electron chi connectivity index (χ2n) is 12.8. The lowest BCUT2D eigenvalue weighted by molar-refractivity contribution is 0.260. The van der Waals surface area contributed by atoms with Crippen LogP contribution in [0.5, 0.6) is 0 Å². The molecular weight excluding hydrogens is 408 g/mol. The van der Waals surface area contributed by atoms with E-state index in [-0.39, 0.29) is 0 Å². The number of hydrogen-bond acceptors (Lipinski definition) is 0. The first kappa shape index (κ1) is 32.0. The van der Waals surface area contributed by atoms with E-state index in [1.54, 1.807) is 19.3 Å². The Hall–Kier alpha value is 0. The molecule has 1 fully saturated rings. The Bertz CT molecular complexity index is 395. The third-order valence-electron chi connectivity index (χ3n) is 8.95.